The summed E-state index contributed by atoms with van der Waals surface area (Å²) in [5.74, 6) is 0. The lowest BCUT2D eigenvalue weighted by molar-refractivity contribution is 1.07. The van der Waals surface area contributed by atoms with E-state index >= 15 is 0 Å². The summed E-state index contributed by atoms with van der Waals surface area (Å²) in [7, 11) is 4.09. The minimum atomic E-state index is 0.945. The summed E-state index contributed by atoms with van der Waals surface area (Å²) in [5, 5.41) is 3.34. The Hall–Kier alpha value is -1.44. The molecule has 0 spiro atoms. The number of anilines is 2. The molecule has 0 saturated carbocycles. The number of nitrogens with zero attached hydrogens (tertiary/aromatic N) is 1. The van der Waals surface area contributed by atoms with Crippen molar-refractivity contribution in [3.8, 4) is 0 Å². The number of hydrogen-bond acceptors (Lipinski definition) is 2. The lowest BCUT2D eigenvalue weighted by Crippen LogP contribution is -2.09. The van der Waals surface area contributed by atoms with Crippen LogP contribution in [0.4, 0.5) is 11.4 Å². The topological polar surface area (TPSA) is 15.3 Å². The van der Waals surface area contributed by atoms with E-state index in [9.17, 15) is 0 Å². The Morgan fingerprint density at radius 1 is 1.43 bits per heavy atom. The third-order valence-electron chi connectivity index (χ3n) is 2.04. The number of nitrogens with one attached hydrogen (secondary N) is 1. The van der Waals surface area contributed by atoms with Gasteiger partial charge in [-0.1, -0.05) is 12.1 Å². The van der Waals surface area contributed by atoms with Gasteiger partial charge in [0, 0.05) is 32.0 Å². The average Bonchev–Trinajstić information content (AvgIpc) is 2.19. The van der Waals surface area contributed by atoms with Gasteiger partial charge >= 0.3 is 0 Å². The van der Waals surface area contributed by atoms with Gasteiger partial charge in [-0.15, -0.1) is 6.58 Å². The molecule has 0 fully saturated rings. The zero-order valence-corrected chi connectivity index (χ0v) is 8.96. The lowest BCUT2D eigenvalue weighted by Gasteiger charge is -2.14. The van der Waals surface area contributed by atoms with E-state index in [2.05, 4.69) is 41.1 Å². The van der Waals surface area contributed by atoms with Crippen molar-refractivity contribution in [2.45, 2.75) is 6.42 Å². The normalized spacial score (nSPS) is 9.57. The molecule has 0 bridgehead atoms. The molecule has 1 rings (SSSR count). The first-order valence-corrected chi connectivity index (χ1v) is 4.86. The molecule has 0 aliphatic heterocycles. The zero-order chi connectivity index (χ0) is 10.4. The van der Waals surface area contributed by atoms with Gasteiger partial charge in [0.1, 0.15) is 0 Å². The molecule has 1 N–H and O–H groups in total. The Kier molecular flexibility index (Phi) is 4.05. The van der Waals surface area contributed by atoms with E-state index in [1.165, 1.54) is 5.69 Å². The molecule has 0 atom stereocenters. The monoisotopic (exact) mass is 190 g/mol. The molecular weight excluding hydrogens is 172 g/mol. The van der Waals surface area contributed by atoms with Crippen LogP contribution in [0.2, 0.25) is 0 Å². The fourth-order valence-corrected chi connectivity index (χ4v) is 1.21. The van der Waals surface area contributed by atoms with Crippen LogP contribution in [0.5, 0.6) is 0 Å². The molecule has 0 aromatic heterocycles. The molecule has 0 radical (unpaired) electrons. The minimum Gasteiger partial charge on any atom is -0.385 e. The summed E-state index contributed by atoms with van der Waals surface area (Å²) in [6, 6.07) is 8.38. The van der Waals surface area contributed by atoms with Crippen molar-refractivity contribution in [1.29, 1.82) is 0 Å². The molecule has 0 aliphatic rings. The van der Waals surface area contributed by atoms with Crippen LogP contribution in [-0.2, 0) is 0 Å². The van der Waals surface area contributed by atoms with Crippen LogP contribution in [0, 0.1) is 0 Å². The Morgan fingerprint density at radius 3 is 2.86 bits per heavy atom. The van der Waals surface area contributed by atoms with Crippen molar-refractivity contribution in [2.75, 3.05) is 30.9 Å². The smallest absolute Gasteiger partial charge is 0.0381 e. The highest BCUT2D eigenvalue weighted by atomic mass is 15.1. The molecular formula is C12H18N2. The fraction of sp³-hybridized carbons (Fsp3) is 0.333. The molecule has 0 unspecified atom stereocenters. The van der Waals surface area contributed by atoms with Crippen molar-refractivity contribution in [3.63, 3.8) is 0 Å². The standard InChI is InChI=1S/C12H18N2/c1-4-5-9-13-11-7-6-8-12(10-11)14(2)3/h4,6-8,10,13H,1,5,9H2,2-3H3. The third kappa shape index (κ3) is 3.13. The molecule has 14 heavy (non-hydrogen) atoms. The molecule has 1 aromatic carbocycles. The Morgan fingerprint density at radius 2 is 2.21 bits per heavy atom. The number of benzene rings is 1. The highest BCUT2D eigenvalue weighted by molar-refractivity contribution is 5.57. The predicted molar refractivity (Wildman–Crippen MR) is 64.1 cm³/mol. The number of hydrogen-bond donors (Lipinski definition) is 1. The van der Waals surface area contributed by atoms with E-state index in [1.807, 2.05) is 20.2 Å². The maximum Gasteiger partial charge on any atom is 0.0381 e. The SMILES string of the molecule is C=CCCNc1cccc(N(C)C)c1. The van der Waals surface area contributed by atoms with E-state index in [-0.39, 0.29) is 0 Å². The van der Waals surface area contributed by atoms with E-state index in [0.717, 1.165) is 18.7 Å². The quantitative estimate of drug-likeness (QED) is 0.567. The first-order valence-electron chi connectivity index (χ1n) is 4.86. The van der Waals surface area contributed by atoms with Gasteiger partial charge in [-0.2, -0.15) is 0 Å². The molecule has 0 amide bonds. The van der Waals surface area contributed by atoms with Crippen molar-refractivity contribution < 1.29 is 0 Å². The second-order valence-electron chi connectivity index (χ2n) is 3.45. The maximum atomic E-state index is 3.69. The van der Waals surface area contributed by atoms with E-state index in [0.29, 0.717) is 0 Å². The summed E-state index contributed by atoms with van der Waals surface area (Å²) in [5.41, 5.74) is 2.38. The van der Waals surface area contributed by atoms with Crippen LogP contribution in [-0.4, -0.2) is 20.6 Å². The second kappa shape index (κ2) is 5.32. The zero-order valence-electron chi connectivity index (χ0n) is 8.96. The Labute approximate surface area is 86.2 Å². The van der Waals surface area contributed by atoms with Crippen LogP contribution >= 0.6 is 0 Å². The highest BCUT2D eigenvalue weighted by Gasteiger charge is 1.95. The van der Waals surface area contributed by atoms with Crippen LogP contribution in [0.25, 0.3) is 0 Å². The molecule has 76 valence electrons. The van der Waals surface area contributed by atoms with Gasteiger partial charge in [0.25, 0.3) is 0 Å². The Bertz CT molecular complexity index is 292. The largest absolute Gasteiger partial charge is 0.385 e. The van der Waals surface area contributed by atoms with Crippen molar-refractivity contribution in [2.24, 2.45) is 0 Å². The summed E-state index contributed by atoms with van der Waals surface area (Å²) >= 11 is 0. The maximum absolute atomic E-state index is 3.69. The first-order chi connectivity index (χ1) is 6.74. The van der Waals surface area contributed by atoms with Gasteiger partial charge in [-0.3, -0.25) is 0 Å². The molecule has 0 saturated heterocycles. The molecule has 2 nitrogen and oxygen atoms in total. The molecule has 0 aliphatic carbocycles. The summed E-state index contributed by atoms with van der Waals surface area (Å²) in [6.45, 7) is 4.63. The average molecular weight is 190 g/mol. The highest BCUT2D eigenvalue weighted by Crippen LogP contribution is 2.16. The third-order valence-corrected chi connectivity index (χ3v) is 2.04. The first kappa shape index (κ1) is 10.6. The van der Waals surface area contributed by atoms with E-state index < -0.39 is 0 Å². The lowest BCUT2D eigenvalue weighted by atomic mass is 10.2. The Balaban J connectivity index is 2.59. The van der Waals surface area contributed by atoms with Crippen molar-refractivity contribution in [3.05, 3.63) is 36.9 Å². The van der Waals surface area contributed by atoms with E-state index in [4.69, 9.17) is 0 Å². The van der Waals surface area contributed by atoms with Crippen molar-refractivity contribution in [1.82, 2.24) is 0 Å². The van der Waals surface area contributed by atoms with Gasteiger partial charge < -0.3 is 10.2 Å². The second-order valence-corrected chi connectivity index (χ2v) is 3.45. The molecule has 1 aromatic rings. The van der Waals surface area contributed by atoms with Crippen LogP contribution in [0.1, 0.15) is 6.42 Å². The summed E-state index contributed by atoms with van der Waals surface area (Å²) < 4.78 is 0. The fourth-order valence-electron chi connectivity index (χ4n) is 1.21. The van der Waals surface area contributed by atoms with Crippen molar-refractivity contribution >= 4 is 11.4 Å². The minimum absolute atomic E-state index is 0.945. The van der Waals surface area contributed by atoms with Crippen LogP contribution in [0.3, 0.4) is 0 Å². The summed E-state index contributed by atoms with van der Waals surface area (Å²) in [6.07, 6.45) is 2.91. The van der Waals surface area contributed by atoms with Crippen LogP contribution in [0.15, 0.2) is 36.9 Å². The number of rotatable bonds is 5. The van der Waals surface area contributed by atoms with Gasteiger partial charge in [0.15, 0.2) is 0 Å². The predicted octanol–water partition coefficient (Wildman–Crippen LogP) is 2.74. The molecule has 0 heterocycles. The van der Waals surface area contributed by atoms with Crippen LogP contribution < -0.4 is 10.2 Å². The molecule has 2 heteroatoms. The van der Waals surface area contributed by atoms with Gasteiger partial charge in [-0.25, -0.2) is 0 Å². The van der Waals surface area contributed by atoms with E-state index in [1.54, 1.807) is 0 Å². The summed E-state index contributed by atoms with van der Waals surface area (Å²) in [4.78, 5) is 2.10. The van der Waals surface area contributed by atoms with Gasteiger partial charge in [-0.05, 0) is 24.6 Å². The van der Waals surface area contributed by atoms with Gasteiger partial charge in [0.05, 0.1) is 0 Å². The van der Waals surface area contributed by atoms with Gasteiger partial charge in [0.2, 0.25) is 0 Å².